The summed E-state index contributed by atoms with van der Waals surface area (Å²) in [5.74, 6) is 0. The number of hydrogen-bond donors (Lipinski definition) is 0. The Bertz CT molecular complexity index is 1320. The van der Waals surface area contributed by atoms with Crippen LogP contribution in [0, 0.1) is 0 Å². The summed E-state index contributed by atoms with van der Waals surface area (Å²) in [5, 5.41) is 2.51. The summed E-state index contributed by atoms with van der Waals surface area (Å²) >= 11 is 0. The van der Waals surface area contributed by atoms with Gasteiger partial charge < -0.3 is 0 Å². The zero-order valence-corrected chi connectivity index (χ0v) is 16.8. The van der Waals surface area contributed by atoms with E-state index in [0.29, 0.717) is 0 Å². The van der Waals surface area contributed by atoms with E-state index in [-0.39, 0.29) is 0 Å². The van der Waals surface area contributed by atoms with Gasteiger partial charge in [-0.3, -0.25) is 0 Å². The van der Waals surface area contributed by atoms with Gasteiger partial charge in [-0.05, 0) is 49.7 Å². The first-order chi connectivity index (χ1) is 14.9. The molecule has 0 N–H and O–H groups in total. The third-order valence-electron chi connectivity index (χ3n) is 5.66. The highest BCUT2D eigenvalue weighted by Gasteiger charge is 2.18. The molecule has 0 saturated heterocycles. The smallest absolute Gasteiger partial charge is 0.00146 e. The van der Waals surface area contributed by atoms with Crippen molar-refractivity contribution in [3.05, 3.63) is 127 Å². The number of fused-ring (bicyclic) bond motifs is 1. The molecule has 142 valence electrons. The predicted molar refractivity (Wildman–Crippen MR) is 130 cm³/mol. The molecule has 5 rings (SSSR count). The average molecular weight is 383 g/mol. The molecule has 0 aliphatic carbocycles. The first kappa shape index (κ1) is 18.1. The number of hydrogen-bond acceptors (Lipinski definition) is 0. The van der Waals surface area contributed by atoms with Crippen molar-refractivity contribution >= 4 is 16.8 Å². The molecule has 30 heavy (non-hydrogen) atoms. The van der Waals surface area contributed by atoms with E-state index in [2.05, 4.69) is 122 Å². The van der Waals surface area contributed by atoms with E-state index >= 15 is 0 Å². The van der Waals surface area contributed by atoms with Crippen molar-refractivity contribution in [2.24, 2.45) is 0 Å². The Balaban J connectivity index is 1.95. The fraction of sp³-hybridized carbons (Fsp3) is 0. The molecule has 0 saturated carbocycles. The topological polar surface area (TPSA) is 0 Å². The fourth-order valence-electron chi connectivity index (χ4n) is 4.29. The average Bonchev–Trinajstić information content (AvgIpc) is 2.84. The van der Waals surface area contributed by atoms with Crippen LogP contribution in [0.2, 0.25) is 0 Å². The highest BCUT2D eigenvalue weighted by Crippen LogP contribution is 2.44. The normalized spacial score (nSPS) is 10.8. The summed E-state index contributed by atoms with van der Waals surface area (Å²) in [6, 6.07) is 40.9. The molecule has 0 heterocycles. The molecule has 0 radical (unpaired) electrons. The molecule has 0 unspecified atom stereocenters. The van der Waals surface area contributed by atoms with E-state index in [1.54, 1.807) is 0 Å². The Morgan fingerprint density at radius 2 is 1.10 bits per heavy atom. The van der Waals surface area contributed by atoms with Gasteiger partial charge in [-0.25, -0.2) is 0 Å². The van der Waals surface area contributed by atoms with E-state index in [1.165, 1.54) is 44.2 Å². The monoisotopic (exact) mass is 382 g/mol. The van der Waals surface area contributed by atoms with Gasteiger partial charge in [0.2, 0.25) is 0 Å². The SMILES string of the molecule is C=Cc1ccc(-c2ccccc2)c(-c2cccc3ccccc23)c1-c1ccccc1. The van der Waals surface area contributed by atoms with Gasteiger partial charge in [0.25, 0.3) is 0 Å². The van der Waals surface area contributed by atoms with Crippen LogP contribution in [0.3, 0.4) is 0 Å². The molecule has 0 heteroatoms. The predicted octanol–water partition coefficient (Wildman–Crippen LogP) is 8.48. The molecule has 0 amide bonds. The second kappa shape index (κ2) is 7.85. The zero-order chi connectivity index (χ0) is 20.3. The summed E-state index contributed by atoms with van der Waals surface area (Å²) in [4.78, 5) is 0. The van der Waals surface area contributed by atoms with Crippen molar-refractivity contribution in [3.8, 4) is 33.4 Å². The maximum Gasteiger partial charge on any atom is -0.00146 e. The second-order valence-corrected chi connectivity index (χ2v) is 7.42. The molecule has 0 aliphatic rings. The fourth-order valence-corrected chi connectivity index (χ4v) is 4.29. The van der Waals surface area contributed by atoms with E-state index in [0.717, 1.165) is 5.56 Å². The molecule has 0 aliphatic heterocycles. The van der Waals surface area contributed by atoms with E-state index in [9.17, 15) is 0 Å². The molecular formula is C30H22. The molecular weight excluding hydrogens is 360 g/mol. The quantitative estimate of drug-likeness (QED) is 0.292. The van der Waals surface area contributed by atoms with Gasteiger partial charge in [-0.15, -0.1) is 0 Å². The van der Waals surface area contributed by atoms with Crippen molar-refractivity contribution in [1.29, 1.82) is 0 Å². The van der Waals surface area contributed by atoms with Gasteiger partial charge in [0, 0.05) is 0 Å². The van der Waals surface area contributed by atoms with Crippen LogP contribution < -0.4 is 0 Å². The highest BCUT2D eigenvalue weighted by molar-refractivity contribution is 6.06. The number of benzene rings is 5. The Labute approximate surface area is 177 Å². The molecule has 0 atom stereocenters. The lowest BCUT2D eigenvalue weighted by Gasteiger charge is -2.20. The molecule has 0 spiro atoms. The zero-order valence-electron chi connectivity index (χ0n) is 16.8. The van der Waals surface area contributed by atoms with Gasteiger partial charge in [-0.2, -0.15) is 0 Å². The van der Waals surface area contributed by atoms with Crippen LogP contribution in [-0.4, -0.2) is 0 Å². The second-order valence-electron chi connectivity index (χ2n) is 7.42. The molecule has 0 fully saturated rings. The van der Waals surface area contributed by atoms with E-state index in [1.807, 2.05) is 6.08 Å². The summed E-state index contributed by atoms with van der Waals surface area (Å²) in [7, 11) is 0. The van der Waals surface area contributed by atoms with Crippen molar-refractivity contribution in [2.75, 3.05) is 0 Å². The minimum Gasteiger partial charge on any atom is -0.0984 e. The van der Waals surface area contributed by atoms with Crippen LogP contribution in [0.5, 0.6) is 0 Å². The third kappa shape index (κ3) is 3.13. The molecule has 5 aromatic rings. The minimum atomic E-state index is 1.14. The highest BCUT2D eigenvalue weighted by atomic mass is 14.2. The molecule has 5 aromatic carbocycles. The molecule has 0 nitrogen and oxygen atoms in total. The molecule has 0 aromatic heterocycles. The van der Waals surface area contributed by atoms with Gasteiger partial charge in [-0.1, -0.05) is 128 Å². The first-order valence-corrected chi connectivity index (χ1v) is 10.3. The Hall–Kier alpha value is -3.90. The van der Waals surface area contributed by atoms with Crippen LogP contribution in [0.4, 0.5) is 0 Å². The lowest BCUT2D eigenvalue weighted by atomic mass is 9.83. The number of rotatable bonds is 4. The molecule has 0 bridgehead atoms. The Kier molecular flexibility index (Phi) is 4.75. The maximum atomic E-state index is 4.12. The minimum absolute atomic E-state index is 1.14. The van der Waals surface area contributed by atoms with Crippen molar-refractivity contribution in [2.45, 2.75) is 0 Å². The summed E-state index contributed by atoms with van der Waals surface area (Å²) in [6.07, 6.45) is 1.96. The van der Waals surface area contributed by atoms with Gasteiger partial charge in [0.15, 0.2) is 0 Å². The van der Waals surface area contributed by atoms with Crippen LogP contribution in [-0.2, 0) is 0 Å². The summed E-state index contributed by atoms with van der Waals surface area (Å²) < 4.78 is 0. The first-order valence-electron chi connectivity index (χ1n) is 10.3. The van der Waals surface area contributed by atoms with Crippen LogP contribution in [0.1, 0.15) is 5.56 Å². The third-order valence-corrected chi connectivity index (χ3v) is 5.66. The van der Waals surface area contributed by atoms with Crippen LogP contribution in [0.15, 0.2) is 122 Å². The Morgan fingerprint density at radius 3 is 1.83 bits per heavy atom. The largest absolute Gasteiger partial charge is 0.0984 e. The van der Waals surface area contributed by atoms with E-state index < -0.39 is 0 Å². The van der Waals surface area contributed by atoms with E-state index in [4.69, 9.17) is 0 Å². The van der Waals surface area contributed by atoms with Crippen molar-refractivity contribution < 1.29 is 0 Å². The van der Waals surface area contributed by atoms with Crippen molar-refractivity contribution in [3.63, 3.8) is 0 Å². The lowest BCUT2D eigenvalue weighted by Crippen LogP contribution is -1.94. The maximum absolute atomic E-state index is 4.12. The van der Waals surface area contributed by atoms with Crippen LogP contribution in [0.25, 0.3) is 50.2 Å². The van der Waals surface area contributed by atoms with Gasteiger partial charge in [0.05, 0.1) is 0 Å². The summed E-state index contributed by atoms with van der Waals surface area (Å²) in [5.41, 5.74) is 8.51. The standard InChI is InChI=1S/C30H22/c1-2-22-20-21-27(24-12-5-3-6-13-24)30(29(22)25-15-7-4-8-16-25)28-19-11-17-23-14-9-10-18-26(23)28/h2-21H,1H2. The lowest BCUT2D eigenvalue weighted by molar-refractivity contribution is 1.55. The summed E-state index contributed by atoms with van der Waals surface area (Å²) in [6.45, 7) is 4.12. The van der Waals surface area contributed by atoms with Crippen LogP contribution >= 0.6 is 0 Å². The van der Waals surface area contributed by atoms with Gasteiger partial charge >= 0.3 is 0 Å². The van der Waals surface area contributed by atoms with Gasteiger partial charge in [0.1, 0.15) is 0 Å². The van der Waals surface area contributed by atoms with Crippen molar-refractivity contribution in [1.82, 2.24) is 0 Å². The Morgan fingerprint density at radius 1 is 0.467 bits per heavy atom.